The van der Waals surface area contributed by atoms with Crippen LogP contribution in [0.25, 0.3) is 0 Å². The third-order valence-electron chi connectivity index (χ3n) is 2.07. The molecule has 1 aromatic carbocycles. The van der Waals surface area contributed by atoms with Crippen LogP contribution in [0.3, 0.4) is 0 Å². The van der Waals surface area contributed by atoms with Crippen LogP contribution in [0.2, 0.25) is 0 Å². The second-order valence-electron chi connectivity index (χ2n) is 3.34. The summed E-state index contributed by atoms with van der Waals surface area (Å²) in [6.45, 7) is 3.46. The van der Waals surface area contributed by atoms with E-state index in [4.69, 9.17) is 12.2 Å². The first-order chi connectivity index (χ1) is 8.58. The SMILES string of the molecule is C=C1N=NC(=S)N(/N=C/c2ccc(Br)cc2)C1=O. The molecule has 0 bridgehead atoms. The predicted molar refractivity (Wildman–Crippen MR) is 75.2 cm³/mol. The Hall–Kier alpha value is -1.73. The van der Waals surface area contributed by atoms with E-state index in [1.54, 1.807) is 0 Å². The van der Waals surface area contributed by atoms with E-state index >= 15 is 0 Å². The molecule has 1 heterocycles. The molecule has 2 rings (SSSR count). The molecule has 7 heteroatoms. The monoisotopic (exact) mass is 322 g/mol. The minimum atomic E-state index is -0.469. The number of carbonyl (C=O) groups is 1. The predicted octanol–water partition coefficient (Wildman–Crippen LogP) is 2.88. The van der Waals surface area contributed by atoms with Gasteiger partial charge in [0.2, 0.25) is 5.11 Å². The Labute approximate surface area is 117 Å². The van der Waals surface area contributed by atoms with Gasteiger partial charge in [0.25, 0.3) is 0 Å². The Bertz CT molecular complexity index is 579. The van der Waals surface area contributed by atoms with Gasteiger partial charge < -0.3 is 0 Å². The van der Waals surface area contributed by atoms with E-state index in [2.05, 4.69) is 37.8 Å². The van der Waals surface area contributed by atoms with Gasteiger partial charge in [0.15, 0.2) is 0 Å². The van der Waals surface area contributed by atoms with Gasteiger partial charge in [-0.15, -0.1) is 10.2 Å². The summed E-state index contributed by atoms with van der Waals surface area (Å²) in [4.78, 5) is 11.7. The number of benzene rings is 1. The summed E-state index contributed by atoms with van der Waals surface area (Å²) in [5.74, 6) is -0.469. The second-order valence-corrected chi connectivity index (χ2v) is 4.62. The summed E-state index contributed by atoms with van der Waals surface area (Å²) in [6, 6.07) is 7.44. The molecule has 0 saturated heterocycles. The minimum absolute atomic E-state index is 0.000705. The van der Waals surface area contributed by atoms with Crippen LogP contribution in [-0.2, 0) is 4.79 Å². The van der Waals surface area contributed by atoms with Crippen LogP contribution in [0.5, 0.6) is 0 Å². The van der Waals surface area contributed by atoms with Crippen molar-refractivity contribution in [2.45, 2.75) is 0 Å². The highest BCUT2D eigenvalue weighted by Crippen LogP contribution is 2.13. The molecule has 90 valence electrons. The number of azo groups is 1. The van der Waals surface area contributed by atoms with Crippen molar-refractivity contribution in [3.8, 4) is 0 Å². The summed E-state index contributed by atoms with van der Waals surface area (Å²) in [5, 5.41) is 12.1. The summed E-state index contributed by atoms with van der Waals surface area (Å²) in [6.07, 6.45) is 1.52. The van der Waals surface area contributed by atoms with Crippen LogP contribution in [0.4, 0.5) is 0 Å². The smallest absolute Gasteiger partial charge is 0.265 e. The van der Waals surface area contributed by atoms with Crippen molar-refractivity contribution in [3.63, 3.8) is 0 Å². The lowest BCUT2D eigenvalue weighted by atomic mass is 10.2. The van der Waals surface area contributed by atoms with Crippen molar-refractivity contribution in [1.82, 2.24) is 5.01 Å². The Balaban J connectivity index is 2.20. The molecule has 0 aliphatic carbocycles. The number of hydrogen-bond acceptors (Lipinski definition) is 4. The molecule has 1 aromatic rings. The molecule has 0 aromatic heterocycles. The largest absolute Gasteiger partial charge is 0.300 e. The molecule has 1 aliphatic rings. The molecule has 1 aliphatic heterocycles. The van der Waals surface area contributed by atoms with E-state index in [9.17, 15) is 4.79 Å². The number of halogens is 1. The van der Waals surface area contributed by atoms with Crippen molar-refractivity contribution in [1.29, 1.82) is 0 Å². The molecule has 0 radical (unpaired) electrons. The van der Waals surface area contributed by atoms with Crippen LogP contribution in [-0.4, -0.2) is 22.2 Å². The van der Waals surface area contributed by atoms with E-state index in [-0.39, 0.29) is 10.8 Å². The molecular weight excluding hydrogens is 316 g/mol. The molecule has 18 heavy (non-hydrogen) atoms. The number of thiocarbonyl (C=S) groups is 1. The zero-order valence-corrected chi connectivity index (χ0v) is 11.5. The lowest BCUT2D eigenvalue weighted by Gasteiger charge is -2.16. The fraction of sp³-hybridized carbons (Fsp3) is 0. The molecule has 0 saturated carbocycles. The number of hydrazone groups is 1. The molecule has 0 N–H and O–H groups in total. The van der Waals surface area contributed by atoms with E-state index < -0.39 is 5.91 Å². The van der Waals surface area contributed by atoms with Crippen molar-refractivity contribution < 1.29 is 4.79 Å². The molecule has 0 spiro atoms. The van der Waals surface area contributed by atoms with Gasteiger partial charge in [-0.2, -0.15) is 10.1 Å². The van der Waals surface area contributed by atoms with Crippen molar-refractivity contribution in [3.05, 3.63) is 46.6 Å². The first-order valence-electron chi connectivity index (χ1n) is 4.86. The second kappa shape index (κ2) is 5.28. The Kier molecular flexibility index (Phi) is 3.73. The van der Waals surface area contributed by atoms with E-state index in [0.29, 0.717) is 0 Å². The zero-order chi connectivity index (χ0) is 13.1. The van der Waals surface area contributed by atoms with Gasteiger partial charge in [0.1, 0.15) is 5.70 Å². The molecule has 1 amide bonds. The van der Waals surface area contributed by atoms with Crippen LogP contribution in [0.1, 0.15) is 5.56 Å². The maximum Gasteiger partial charge on any atom is 0.300 e. The third kappa shape index (κ3) is 2.74. The average Bonchev–Trinajstić information content (AvgIpc) is 2.36. The maximum atomic E-state index is 11.7. The van der Waals surface area contributed by atoms with Gasteiger partial charge in [-0.25, -0.2) is 0 Å². The summed E-state index contributed by atoms with van der Waals surface area (Å²) in [7, 11) is 0. The van der Waals surface area contributed by atoms with E-state index in [1.807, 2.05) is 24.3 Å². The van der Waals surface area contributed by atoms with Gasteiger partial charge in [-0.3, -0.25) is 4.79 Å². The molecule has 0 fully saturated rings. The van der Waals surface area contributed by atoms with Crippen LogP contribution >= 0.6 is 28.1 Å². The summed E-state index contributed by atoms with van der Waals surface area (Å²) in [5.41, 5.74) is 0.846. The van der Waals surface area contributed by atoms with Gasteiger partial charge in [-0.05, 0) is 29.9 Å². The Morgan fingerprint density at radius 2 is 2.00 bits per heavy atom. The number of hydrogen-bond donors (Lipinski definition) is 0. The minimum Gasteiger partial charge on any atom is -0.265 e. The third-order valence-corrected chi connectivity index (χ3v) is 2.85. The molecule has 0 atom stereocenters. The fourth-order valence-electron chi connectivity index (χ4n) is 1.17. The van der Waals surface area contributed by atoms with Gasteiger partial charge in [-0.1, -0.05) is 34.6 Å². The summed E-state index contributed by atoms with van der Waals surface area (Å²) < 4.78 is 0.964. The number of carbonyl (C=O) groups excluding carboxylic acids is 1. The average molecular weight is 323 g/mol. The fourth-order valence-corrected chi connectivity index (χ4v) is 1.61. The highest BCUT2D eigenvalue weighted by molar-refractivity contribution is 9.10. The van der Waals surface area contributed by atoms with Crippen molar-refractivity contribution in [2.24, 2.45) is 15.3 Å². The highest BCUT2D eigenvalue weighted by Gasteiger charge is 2.24. The van der Waals surface area contributed by atoms with Gasteiger partial charge in [0, 0.05) is 4.47 Å². The topological polar surface area (TPSA) is 57.4 Å². The first-order valence-corrected chi connectivity index (χ1v) is 6.06. The lowest BCUT2D eigenvalue weighted by molar-refractivity contribution is -0.123. The van der Waals surface area contributed by atoms with Crippen LogP contribution < -0.4 is 0 Å². The first kappa shape index (κ1) is 12.7. The normalized spacial score (nSPS) is 15.8. The summed E-state index contributed by atoms with van der Waals surface area (Å²) >= 11 is 8.21. The van der Waals surface area contributed by atoms with Crippen molar-refractivity contribution >= 4 is 45.4 Å². The highest BCUT2D eigenvalue weighted by atomic mass is 79.9. The van der Waals surface area contributed by atoms with Gasteiger partial charge in [0.05, 0.1) is 6.21 Å². The lowest BCUT2D eigenvalue weighted by Crippen LogP contribution is -2.33. The van der Waals surface area contributed by atoms with E-state index in [0.717, 1.165) is 15.0 Å². The number of amides is 1. The standard InChI is InChI=1S/C11H7BrN4OS/c1-7-10(17)16(11(18)15-14-7)13-6-8-2-4-9(12)5-3-8/h2-6H,1H2/b13-6+. The van der Waals surface area contributed by atoms with Crippen LogP contribution in [0.15, 0.2) is 56.3 Å². The Morgan fingerprint density at radius 1 is 1.33 bits per heavy atom. The van der Waals surface area contributed by atoms with Crippen LogP contribution in [0, 0.1) is 0 Å². The maximum absolute atomic E-state index is 11.7. The number of rotatable bonds is 2. The number of nitrogens with zero attached hydrogens (tertiary/aromatic N) is 4. The van der Waals surface area contributed by atoms with Gasteiger partial charge >= 0.3 is 5.91 Å². The quantitative estimate of drug-likeness (QED) is 0.477. The molecule has 5 nitrogen and oxygen atoms in total. The Morgan fingerprint density at radius 3 is 2.67 bits per heavy atom. The zero-order valence-electron chi connectivity index (χ0n) is 9.08. The van der Waals surface area contributed by atoms with E-state index in [1.165, 1.54) is 6.21 Å². The molecule has 0 unspecified atom stereocenters. The molecular formula is C11H7BrN4OS. The van der Waals surface area contributed by atoms with Crippen molar-refractivity contribution in [2.75, 3.05) is 0 Å².